The maximum absolute atomic E-state index is 11.7. The lowest BCUT2D eigenvalue weighted by atomic mass is 10.0. The van der Waals surface area contributed by atoms with Crippen LogP contribution in [-0.2, 0) is 11.3 Å². The van der Waals surface area contributed by atoms with Crippen molar-refractivity contribution in [2.45, 2.75) is 13.0 Å². The molecule has 0 aliphatic heterocycles. The molecule has 0 saturated heterocycles. The number of alkyl carbamates (subject to hydrolysis) is 1. The number of hydrogen-bond donors (Lipinski definition) is 2. The molecule has 132 valence electrons. The Morgan fingerprint density at radius 3 is 2.69 bits per heavy atom. The van der Waals surface area contributed by atoms with E-state index in [-0.39, 0.29) is 6.61 Å². The number of carbonyl (C=O) groups excluding carboxylic acids is 1. The molecule has 0 aliphatic carbocycles. The number of rotatable bonds is 7. The highest BCUT2D eigenvalue weighted by atomic mass is 16.5. The Labute approximate surface area is 152 Å². The van der Waals surface area contributed by atoms with Crippen LogP contribution in [0.2, 0.25) is 0 Å². The number of nitrogens with one attached hydrogen (secondary N) is 2. The number of aromatic nitrogens is 2. The van der Waals surface area contributed by atoms with Crippen LogP contribution in [0.4, 0.5) is 4.79 Å². The van der Waals surface area contributed by atoms with Gasteiger partial charge in [-0.2, -0.15) is 5.10 Å². The summed E-state index contributed by atoms with van der Waals surface area (Å²) in [6.45, 7) is 0.802. The predicted molar refractivity (Wildman–Crippen MR) is 102 cm³/mol. The minimum atomic E-state index is -0.403. The third kappa shape index (κ3) is 5.08. The van der Waals surface area contributed by atoms with Gasteiger partial charge in [-0.05, 0) is 23.6 Å². The Balaban J connectivity index is 1.43. The molecule has 1 heterocycles. The molecular weight excluding hydrogens is 326 g/mol. The minimum absolute atomic E-state index is 0.278. The van der Waals surface area contributed by atoms with E-state index in [9.17, 15) is 4.79 Å². The summed E-state index contributed by atoms with van der Waals surface area (Å²) in [5, 5.41) is 9.73. The van der Waals surface area contributed by atoms with Crippen LogP contribution >= 0.6 is 0 Å². The third-order valence-corrected chi connectivity index (χ3v) is 3.84. The second-order valence-electron chi connectivity index (χ2n) is 5.74. The molecule has 0 bridgehead atoms. The molecule has 0 aliphatic rings. The van der Waals surface area contributed by atoms with Gasteiger partial charge in [-0.3, -0.25) is 5.10 Å². The van der Waals surface area contributed by atoms with Crippen molar-refractivity contribution in [3.05, 3.63) is 84.1 Å². The van der Waals surface area contributed by atoms with Crippen LogP contribution in [0.1, 0.15) is 17.5 Å². The standard InChI is InChI=1S/C21H21N3O2/c25-21(26-16-17-8-2-1-3-9-17)22-14-7-6-11-18-10-4-5-12-19(18)20-13-15-23-24-20/h1-6,8-13,15H,7,14,16H2,(H,22,25)(H,23,24). The number of ether oxygens (including phenoxy) is 1. The molecule has 2 aromatic carbocycles. The zero-order chi connectivity index (χ0) is 18.0. The fourth-order valence-corrected chi connectivity index (χ4v) is 2.54. The Morgan fingerprint density at radius 1 is 1.08 bits per heavy atom. The lowest BCUT2D eigenvalue weighted by Crippen LogP contribution is -2.24. The summed E-state index contributed by atoms with van der Waals surface area (Å²) in [5.74, 6) is 0. The van der Waals surface area contributed by atoms with Gasteiger partial charge in [0, 0.05) is 18.3 Å². The number of aromatic amines is 1. The van der Waals surface area contributed by atoms with Gasteiger partial charge in [-0.15, -0.1) is 0 Å². The molecule has 3 aromatic rings. The molecule has 2 N–H and O–H groups in total. The highest BCUT2D eigenvalue weighted by Crippen LogP contribution is 2.22. The maximum Gasteiger partial charge on any atom is 0.407 e. The van der Waals surface area contributed by atoms with Crippen molar-refractivity contribution in [3.63, 3.8) is 0 Å². The first-order chi connectivity index (χ1) is 12.8. The van der Waals surface area contributed by atoms with E-state index in [1.807, 2.05) is 72.8 Å². The second-order valence-corrected chi connectivity index (χ2v) is 5.74. The lowest BCUT2D eigenvalue weighted by Gasteiger charge is -2.06. The number of hydrogen-bond acceptors (Lipinski definition) is 3. The first-order valence-corrected chi connectivity index (χ1v) is 8.53. The van der Waals surface area contributed by atoms with Gasteiger partial charge in [0.2, 0.25) is 0 Å². The molecule has 26 heavy (non-hydrogen) atoms. The molecule has 0 saturated carbocycles. The van der Waals surface area contributed by atoms with Gasteiger partial charge in [0.25, 0.3) is 0 Å². The van der Waals surface area contributed by atoms with E-state index in [2.05, 4.69) is 15.5 Å². The summed E-state index contributed by atoms with van der Waals surface area (Å²) in [4.78, 5) is 11.7. The van der Waals surface area contributed by atoms with Crippen LogP contribution in [0.25, 0.3) is 17.3 Å². The summed E-state index contributed by atoms with van der Waals surface area (Å²) in [7, 11) is 0. The summed E-state index contributed by atoms with van der Waals surface area (Å²) in [6.07, 6.45) is 6.14. The predicted octanol–water partition coefficient (Wildman–Crippen LogP) is 4.41. The topological polar surface area (TPSA) is 67.0 Å². The summed E-state index contributed by atoms with van der Waals surface area (Å²) in [5.41, 5.74) is 4.14. The van der Waals surface area contributed by atoms with Gasteiger partial charge in [0.1, 0.15) is 6.61 Å². The zero-order valence-electron chi connectivity index (χ0n) is 14.4. The van der Waals surface area contributed by atoms with Gasteiger partial charge in [-0.25, -0.2) is 4.79 Å². The highest BCUT2D eigenvalue weighted by molar-refractivity contribution is 5.72. The van der Waals surface area contributed by atoms with Crippen molar-refractivity contribution < 1.29 is 9.53 Å². The Hall–Kier alpha value is -3.34. The first-order valence-electron chi connectivity index (χ1n) is 8.53. The number of amides is 1. The summed E-state index contributed by atoms with van der Waals surface area (Å²) in [6, 6.07) is 19.7. The molecule has 0 spiro atoms. The number of H-pyrrole nitrogens is 1. The number of carbonyl (C=O) groups is 1. The zero-order valence-corrected chi connectivity index (χ0v) is 14.4. The largest absolute Gasteiger partial charge is 0.445 e. The van der Waals surface area contributed by atoms with Gasteiger partial charge < -0.3 is 10.1 Å². The Bertz CT molecular complexity index is 843. The summed E-state index contributed by atoms with van der Waals surface area (Å²) >= 11 is 0. The maximum atomic E-state index is 11.7. The van der Waals surface area contributed by atoms with Crippen LogP contribution in [0.5, 0.6) is 0 Å². The van der Waals surface area contributed by atoms with E-state index in [4.69, 9.17) is 4.74 Å². The monoisotopic (exact) mass is 347 g/mol. The van der Waals surface area contributed by atoms with Gasteiger partial charge in [-0.1, -0.05) is 66.7 Å². The average molecular weight is 347 g/mol. The van der Waals surface area contributed by atoms with E-state index < -0.39 is 6.09 Å². The molecule has 0 atom stereocenters. The minimum Gasteiger partial charge on any atom is -0.445 e. The Morgan fingerprint density at radius 2 is 1.88 bits per heavy atom. The Kier molecular flexibility index (Phi) is 6.20. The fraction of sp³-hybridized carbons (Fsp3) is 0.143. The molecule has 3 rings (SSSR count). The third-order valence-electron chi connectivity index (χ3n) is 3.84. The number of benzene rings is 2. The fourth-order valence-electron chi connectivity index (χ4n) is 2.54. The van der Waals surface area contributed by atoms with Crippen molar-refractivity contribution in [1.29, 1.82) is 0 Å². The van der Waals surface area contributed by atoms with Crippen LogP contribution in [0.15, 0.2) is 72.9 Å². The molecular formula is C21H21N3O2. The molecule has 0 fully saturated rings. The van der Waals surface area contributed by atoms with E-state index in [1.165, 1.54) is 0 Å². The van der Waals surface area contributed by atoms with Crippen molar-refractivity contribution in [1.82, 2.24) is 15.5 Å². The van der Waals surface area contributed by atoms with E-state index >= 15 is 0 Å². The van der Waals surface area contributed by atoms with Gasteiger partial charge in [0.05, 0.1) is 5.69 Å². The van der Waals surface area contributed by atoms with Crippen LogP contribution < -0.4 is 5.32 Å². The van der Waals surface area contributed by atoms with Crippen molar-refractivity contribution in [2.75, 3.05) is 6.54 Å². The van der Waals surface area contributed by atoms with E-state index in [0.717, 1.165) is 28.8 Å². The van der Waals surface area contributed by atoms with Crippen molar-refractivity contribution >= 4 is 12.2 Å². The second kappa shape index (κ2) is 9.22. The summed E-state index contributed by atoms with van der Waals surface area (Å²) < 4.78 is 5.18. The molecule has 0 unspecified atom stereocenters. The SMILES string of the molecule is O=C(NCCC=Cc1ccccc1-c1ccn[nH]1)OCc1ccccc1. The average Bonchev–Trinajstić information content (AvgIpc) is 3.22. The number of nitrogens with zero attached hydrogens (tertiary/aromatic N) is 1. The molecule has 5 nitrogen and oxygen atoms in total. The lowest BCUT2D eigenvalue weighted by molar-refractivity contribution is 0.140. The van der Waals surface area contributed by atoms with Gasteiger partial charge >= 0.3 is 6.09 Å². The van der Waals surface area contributed by atoms with Crippen LogP contribution in [-0.4, -0.2) is 22.8 Å². The molecule has 5 heteroatoms. The highest BCUT2D eigenvalue weighted by Gasteiger charge is 2.03. The van der Waals surface area contributed by atoms with E-state index in [1.54, 1.807) is 6.20 Å². The molecule has 1 amide bonds. The van der Waals surface area contributed by atoms with Crippen molar-refractivity contribution in [3.8, 4) is 11.3 Å². The van der Waals surface area contributed by atoms with Crippen LogP contribution in [0, 0.1) is 0 Å². The first kappa shape index (κ1) is 17.5. The van der Waals surface area contributed by atoms with Crippen molar-refractivity contribution in [2.24, 2.45) is 0 Å². The molecule has 0 radical (unpaired) electrons. The smallest absolute Gasteiger partial charge is 0.407 e. The van der Waals surface area contributed by atoms with Gasteiger partial charge in [0.15, 0.2) is 0 Å². The molecule has 1 aromatic heterocycles. The van der Waals surface area contributed by atoms with Crippen LogP contribution in [0.3, 0.4) is 0 Å². The van der Waals surface area contributed by atoms with E-state index in [0.29, 0.717) is 6.54 Å². The normalized spacial score (nSPS) is 10.8. The quantitative estimate of drug-likeness (QED) is 0.622.